The van der Waals surface area contributed by atoms with E-state index in [-0.39, 0.29) is 12.1 Å². The zero-order valence-electron chi connectivity index (χ0n) is 15.6. The maximum atomic E-state index is 12.6. The summed E-state index contributed by atoms with van der Waals surface area (Å²) in [7, 11) is 3.78. The summed E-state index contributed by atoms with van der Waals surface area (Å²) < 4.78 is 7.73. The first kappa shape index (κ1) is 18.1. The second-order valence-electron chi connectivity index (χ2n) is 6.61. The Morgan fingerprint density at radius 2 is 2.23 bits per heavy atom. The van der Waals surface area contributed by atoms with Crippen LogP contribution in [0.2, 0.25) is 0 Å². The highest BCUT2D eigenvalue weighted by atomic mass is 16.5. The molecule has 140 valence electrons. The summed E-state index contributed by atoms with van der Waals surface area (Å²) in [5.41, 5.74) is 2.06. The van der Waals surface area contributed by atoms with Crippen molar-refractivity contribution in [1.29, 1.82) is 0 Å². The van der Waals surface area contributed by atoms with Crippen LogP contribution in [-0.2, 0) is 11.3 Å². The maximum Gasteiger partial charge on any atom is 0.324 e. The molecule has 1 unspecified atom stereocenters. The highest BCUT2D eigenvalue weighted by molar-refractivity contribution is 5.87. The lowest BCUT2D eigenvalue weighted by Gasteiger charge is -2.32. The molecule has 1 aliphatic heterocycles. The Kier molecular flexibility index (Phi) is 5.36. The van der Waals surface area contributed by atoms with Crippen LogP contribution < -0.4 is 10.2 Å². The van der Waals surface area contributed by atoms with E-state index < -0.39 is 0 Å². The van der Waals surface area contributed by atoms with Crippen molar-refractivity contribution in [2.75, 3.05) is 44.0 Å². The van der Waals surface area contributed by atoms with Gasteiger partial charge in [0, 0.05) is 32.5 Å². The molecule has 0 saturated carbocycles. The van der Waals surface area contributed by atoms with E-state index >= 15 is 0 Å². The lowest BCUT2D eigenvalue weighted by Crippen LogP contribution is -2.48. The van der Waals surface area contributed by atoms with Gasteiger partial charge in [0.25, 0.3) is 0 Å². The van der Waals surface area contributed by atoms with Crippen LogP contribution in [0.5, 0.6) is 0 Å². The largest absolute Gasteiger partial charge is 0.373 e. The van der Waals surface area contributed by atoms with Gasteiger partial charge in [-0.3, -0.25) is 10.00 Å². The van der Waals surface area contributed by atoms with Crippen LogP contribution in [-0.4, -0.2) is 70.6 Å². The quantitative estimate of drug-likeness (QED) is 0.885. The van der Waals surface area contributed by atoms with E-state index in [1.807, 2.05) is 43.6 Å². The number of morpholine rings is 1. The second-order valence-corrected chi connectivity index (χ2v) is 6.61. The van der Waals surface area contributed by atoms with Crippen molar-refractivity contribution in [1.82, 2.24) is 24.6 Å². The molecule has 3 heterocycles. The third-order valence-electron chi connectivity index (χ3n) is 4.22. The van der Waals surface area contributed by atoms with E-state index in [4.69, 9.17) is 4.74 Å². The predicted octanol–water partition coefficient (Wildman–Crippen LogP) is 1.29. The number of hydrogen-bond acceptors (Lipinski definition) is 6. The van der Waals surface area contributed by atoms with Crippen LogP contribution in [0.15, 0.2) is 18.3 Å². The number of nitrogens with one attached hydrogen (secondary N) is 1. The molecule has 1 fully saturated rings. The predicted molar refractivity (Wildman–Crippen MR) is 98.4 cm³/mol. The first-order valence-corrected chi connectivity index (χ1v) is 8.61. The van der Waals surface area contributed by atoms with Crippen molar-refractivity contribution in [3.8, 4) is 0 Å². The van der Waals surface area contributed by atoms with Crippen LogP contribution in [0.25, 0.3) is 0 Å². The summed E-state index contributed by atoms with van der Waals surface area (Å²) in [5, 5.41) is 7.23. The molecule has 9 heteroatoms. The Morgan fingerprint density at radius 3 is 2.92 bits per heavy atom. The Hall–Kier alpha value is -2.68. The molecule has 9 nitrogen and oxygen atoms in total. The van der Waals surface area contributed by atoms with Crippen molar-refractivity contribution < 1.29 is 9.53 Å². The summed E-state index contributed by atoms with van der Waals surface area (Å²) in [4.78, 5) is 24.6. The first-order chi connectivity index (χ1) is 12.4. The maximum absolute atomic E-state index is 12.6. The van der Waals surface area contributed by atoms with Gasteiger partial charge >= 0.3 is 6.03 Å². The average Bonchev–Trinajstić information content (AvgIpc) is 2.92. The third kappa shape index (κ3) is 4.29. The van der Waals surface area contributed by atoms with E-state index in [1.165, 1.54) is 0 Å². The number of rotatable bonds is 4. The number of aromatic nitrogens is 4. The van der Waals surface area contributed by atoms with Gasteiger partial charge < -0.3 is 14.5 Å². The van der Waals surface area contributed by atoms with Gasteiger partial charge in [0.2, 0.25) is 5.95 Å². The van der Waals surface area contributed by atoms with Crippen molar-refractivity contribution in [3.63, 3.8) is 0 Å². The smallest absolute Gasteiger partial charge is 0.324 e. The van der Waals surface area contributed by atoms with Gasteiger partial charge in [-0.15, -0.1) is 0 Å². The minimum atomic E-state index is -0.220. The summed E-state index contributed by atoms with van der Waals surface area (Å²) in [6.45, 7) is 6.13. The summed E-state index contributed by atoms with van der Waals surface area (Å²) >= 11 is 0. The number of nitrogens with zero attached hydrogens (tertiary/aromatic N) is 6. The van der Waals surface area contributed by atoms with Gasteiger partial charge in [0.1, 0.15) is 5.82 Å². The highest BCUT2D eigenvalue weighted by Gasteiger charge is 2.25. The average molecular weight is 359 g/mol. The van der Waals surface area contributed by atoms with Crippen LogP contribution in [0.4, 0.5) is 16.6 Å². The fourth-order valence-electron chi connectivity index (χ4n) is 2.90. The van der Waals surface area contributed by atoms with Gasteiger partial charge in [0.05, 0.1) is 31.5 Å². The Balaban J connectivity index is 1.61. The standard InChI is InChI=1S/C17H25N7O2/c1-12-9-13(2)24(21-12)11-14-10-23(7-8-26-14)17(25)20-16-18-6-5-15(19-16)22(3)4/h5-6,9,14H,7-8,10-11H2,1-4H3,(H,18,19,20,25). The van der Waals surface area contributed by atoms with E-state index in [1.54, 1.807) is 17.2 Å². The molecule has 0 bridgehead atoms. The van der Waals surface area contributed by atoms with E-state index in [9.17, 15) is 4.79 Å². The normalized spacial score (nSPS) is 17.2. The number of hydrogen-bond donors (Lipinski definition) is 1. The lowest BCUT2D eigenvalue weighted by atomic mass is 10.2. The monoisotopic (exact) mass is 359 g/mol. The minimum absolute atomic E-state index is 0.0958. The van der Waals surface area contributed by atoms with Crippen LogP contribution in [0, 0.1) is 13.8 Å². The van der Waals surface area contributed by atoms with Crippen molar-refractivity contribution in [2.45, 2.75) is 26.5 Å². The lowest BCUT2D eigenvalue weighted by molar-refractivity contribution is -0.0223. The molecule has 3 rings (SSSR count). The molecular weight excluding hydrogens is 334 g/mol. The number of amides is 2. The zero-order valence-corrected chi connectivity index (χ0v) is 15.6. The number of ether oxygens (including phenoxy) is 1. The molecule has 2 aromatic heterocycles. The molecule has 1 aliphatic rings. The molecular formula is C17H25N7O2. The van der Waals surface area contributed by atoms with Crippen molar-refractivity contribution in [3.05, 3.63) is 29.7 Å². The molecule has 0 radical (unpaired) electrons. The molecule has 1 saturated heterocycles. The number of anilines is 2. The Morgan fingerprint density at radius 1 is 1.42 bits per heavy atom. The summed E-state index contributed by atoms with van der Waals surface area (Å²) in [6, 6.07) is 3.60. The number of urea groups is 1. The molecule has 1 atom stereocenters. The van der Waals surface area contributed by atoms with E-state index in [2.05, 4.69) is 20.4 Å². The van der Waals surface area contributed by atoms with Crippen molar-refractivity contribution in [2.24, 2.45) is 0 Å². The van der Waals surface area contributed by atoms with Crippen LogP contribution >= 0.6 is 0 Å². The highest BCUT2D eigenvalue weighted by Crippen LogP contribution is 2.13. The number of aryl methyl sites for hydroxylation is 2. The SMILES string of the molecule is Cc1cc(C)n(CC2CN(C(=O)Nc3nccc(N(C)C)n3)CCO2)n1. The molecule has 2 aromatic rings. The summed E-state index contributed by atoms with van der Waals surface area (Å²) in [5.74, 6) is 1.03. The van der Waals surface area contributed by atoms with Gasteiger partial charge in [-0.25, -0.2) is 9.78 Å². The molecule has 0 aliphatic carbocycles. The van der Waals surface area contributed by atoms with Crippen LogP contribution in [0.1, 0.15) is 11.4 Å². The third-order valence-corrected chi connectivity index (χ3v) is 4.22. The van der Waals surface area contributed by atoms with Gasteiger partial charge in [-0.05, 0) is 26.0 Å². The molecule has 2 amide bonds. The number of carbonyl (C=O) groups excluding carboxylic acids is 1. The van der Waals surface area contributed by atoms with E-state index in [0.717, 1.165) is 17.2 Å². The second kappa shape index (κ2) is 7.69. The molecule has 0 spiro atoms. The Bertz CT molecular complexity index is 774. The van der Waals surface area contributed by atoms with Crippen molar-refractivity contribution >= 4 is 17.8 Å². The zero-order chi connectivity index (χ0) is 18.7. The number of carbonyl (C=O) groups is 1. The summed E-state index contributed by atoms with van der Waals surface area (Å²) in [6.07, 6.45) is 1.53. The fourth-order valence-corrected chi connectivity index (χ4v) is 2.90. The first-order valence-electron chi connectivity index (χ1n) is 8.61. The topological polar surface area (TPSA) is 88.4 Å². The Labute approximate surface area is 153 Å². The van der Waals surface area contributed by atoms with Gasteiger partial charge in [-0.2, -0.15) is 10.1 Å². The van der Waals surface area contributed by atoms with E-state index in [0.29, 0.717) is 32.2 Å². The van der Waals surface area contributed by atoms with Gasteiger partial charge in [0.15, 0.2) is 0 Å². The molecule has 26 heavy (non-hydrogen) atoms. The minimum Gasteiger partial charge on any atom is -0.373 e. The van der Waals surface area contributed by atoms with Gasteiger partial charge in [-0.1, -0.05) is 0 Å². The fraction of sp³-hybridized carbons (Fsp3) is 0.529. The molecule has 0 aromatic carbocycles. The molecule has 1 N–H and O–H groups in total. The van der Waals surface area contributed by atoms with Crippen LogP contribution in [0.3, 0.4) is 0 Å².